The summed E-state index contributed by atoms with van der Waals surface area (Å²) in [6.07, 6.45) is 8.72. The largest absolute Gasteiger partial charge is 0.481 e. The van der Waals surface area contributed by atoms with Gasteiger partial charge >= 0.3 is 5.97 Å². The SMILES string of the molecule is CC(C)=C1C/C=C(\C)CC/C=C(\C)CC1CC(=O)O. The first kappa shape index (κ1) is 15.7. The Bertz CT molecular complexity index is 421. The van der Waals surface area contributed by atoms with Crippen LogP contribution in [0.4, 0.5) is 0 Å². The molecule has 106 valence electrons. The van der Waals surface area contributed by atoms with E-state index in [0.29, 0.717) is 0 Å². The molecule has 0 aromatic heterocycles. The van der Waals surface area contributed by atoms with Crippen molar-refractivity contribution in [1.82, 2.24) is 0 Å². The van der Waals surface area contributed by atoms with Crippen LogP contribution < -0.4 is 0 Å². The minimum atomic E-state index is -0.700. The highest BCUT2D eigenvalue weighted by molar-refractivity contribution is 5.67. The number of carboxylic acid groups (broad SMARTS) is 1. The molecule has 0 amide bonds. The fourth-order valence-electron chi connectivity index (χ4n) is 2.71. The third-order valence-electron chi connectivity index (χ3n) is 3.83. The Balaban J connectivity index is 3.07. The summed E-state index contributed by atoms with van der Waals surface area (Å²) in [4.78, 5) is 11.1. The van der Waals surface area contributed by atoms with Gasteiger partial charge in [0.15, 0.2) is 0 Å². The normalized spacial score (nSPS) is 26.9. The van der Waals surface area contributed by atoms with Gasteiger partial charge in [-0.25, -0.2) is 0 Å². The maximum absolute atomic E-state index is 11.1. The van der Waals surface area contributed by atoms with E-state index in [0.717, 1.165) is 25.7 Å². The maximum atomic E-state index is 11.1. The Morgan fingerprint density at radius 1 is 1.26 bits per heavy atom. The van der Waals surface area contributed by atoms with Crippen LogP contribution in [0.5, 0.6) is 0 Å². The lowest BCUT2D eigenvalue weighted by atomic mass is 9.83. The van der Waals surface area contributed by atoms with Crippen molar-refractivity contribution in [3.05, 3.63) is 34.4 Å². The Hall–Kier alpha value is -1.31. The van der Waals surface area contributed by atoms with Crippen LogP contribution in [0.3, 0.4) is 0 Å². The summed E-state index contributed by atoms with van der Waals surface area (Å²) in [6, 6.07) is 0. The number of carboxylic acids is 1. The van der Waals surface area contributed by atoms with Crippen molar-refractivity contribution in [2.75, 3.05) is 0 Å². The van der Waals surface area contributed by atoms with E-state index < -0.39 is 5.97 Å². The molecule has 0 spiro atoms. The van der Waals surface area contributed by atoms with E-state index in [1.807, 2.05) is 0 Å². The highest BCUT2D eigenvalue weighted by atomic mass is 16.4. The summed E-state index contributed by atoms with van der Waals surface area (Å²) in [5.74, 6) is -0.560. The smallest absolute Gasteiger partial charge is 0.303 e. The molecule has 0 aliphatic heterocycles. The molecule has 1 atom stereocenters. The average molecular weight is 262 g/mol. The van der Waals surface area contributed by atoms with Crippen molar-refractivity contribution < 1.29 is 9.90 Å². The van der Waals surface area contributed by atoms with Crippen molar-refractivity contribution in [1.29, 1.82) is 0 Å². The van der Waals surface area contributed by atoms with Gasteiger partial charge in [0.05, 0.1) is 6.42 Å². The van der Waals surface area contributed by atoms with Gasteiger partial charge in [-0.1, -0.05) is 34.4 Å². The molecular weight excluding hydrogens is 236 g/mol. The molecule has 0 saturated heterocycles. The molecule has 0 bridgehead atoms. The van der Waals surface area contributed by atoms with Crippen LogP contribution in [0.1, 0.15) is 59.8 Å². The van der Waals surface area contributed by atoms with Crippen molar-refractivity contribution in [2.45, 2.75) is 59.8 Å². The van der Waals surface area contributed by atoms with Gasteiger partial charge in [0.25, 0.3) is 0 Å². The van der Waals surface area contributed by atoms with Crippen LogP contribution in [-0.4, -0.2) is 11.1 Å². The minimum Gasteiger partial charge on any atom is -0.481 e. The van der Waals surface area contributed by atoms with Crippen LogP contribution in [-0.2, 0) is 4.79 Å². The number of allylic oxidation sites excluding steroid dienone is 6. The zero-order valence-corrected chi connectivity index (χ0v) is 12.6. The number of hydrogen-bond acceptors (Lipinski definition) is 1. The number of aliphatic carboxylic acids is 1. The fraction of sp³-hybridized carbons (Fsp3) is 0.588. The van der Waals surface area contributed by atoms with Crippen LogP contribution >= 0.6 is 0 Å². The summed E-state index contributed by atoms with van der Waals surface area (Å²) >= 11 is 0. The minimum absolute atomic E-state index is 0.140. The molecule has 2 nitrogen and oxygen atoms in total. The Morgan fingerprint density at radius 3 is 2.53 bits per heavy atom. The van der Waals surface area contributed by atoms with E-state index in [-0.39, 0.29) is 12.3 Å². The number of rotatable bonds is 2. The van der Waals surface area contributed by atoms with E-state index in [4.69, 9.17) is 5.11 Å². The quantitative estimate of drug-likeness (QED) is 0.720. The van der Waals surface area contributed by atoms with Gasteiger partial charge in [0, 0.05) is 0 Å². The molecule has 19 heavy (non-hydrogen) atoms. The van der Waals surface area contributed by atoms with Crippen LogP contribution in [0.2, 0.25) is 0 Å². The van der Waals surface area contributed by atoms with Gasteiger partial charge in [-0.05, 0) is 59.3 Å². The summed E-state index contributed by atoms with van der Waals surface area (Å²) in [5.41, 5.74) is 5.29. The van der Waals surface area contributed by atoms with E-state index in [1.165, 1.54) is 22.3 Å². The predicted molar refractivity (Wildman–Crippen MR) is 80.1 cm³/mol. The Labute approximate surface area is 116 Å². The molecule has 2 heteroatoms. The van der Waals surface area contributed by atoms with Crippen LogP contribution in [0.25, 0.3) is 0 Å². The van der Waals surface area contributed by atoms with E-state index in [9.17, 15) is 4.79 Å². The second-order valence-corrected chi connectivity index (χ2v) is 5.87. The summed E-state index contributed by atoms with van der Waals surface area (Å²) < 4.78 is 0. The summed E-state index contributed by atoms with van der Waals surface area (Å²) in [7, 11) is 0. The van der Waals surface area contributed by atoms with Crippen LogP contribution in [0, 0.1) is 5.92 Å². The van der Waals surface area contributed by atoms with Crippen molar-refractivity contribution in [3.8, 4) is 0 Å². The Morgan fingerprint density at radius 2 is 1.95 bits per heavy atom. The molecule has 1 rings (SSSR count). The highest BCUT2D eigenvalue weighted by Gasteiger charge is 2.19. The lowest BCUT2D eigenvalue weighted by Gasteiger charge is -2.22. The van der Waals surface area contributed by atoms with Crippen LogP contribution in [0.15, 0.2) is 34.4 Å². The average Bonchev–Trinajstić information content (AvgIpc) is 2.27. The van der Waals surface area contributed by atoms with Crippen molar-refractivity contribution in [2.24, 2.45) is 5.92 Å². The first-order valence-electron chi connectivity index (χ1n) is 7.09. The summed E-state index contributed by atoms with van der Waals surface area (Å²) in [6.45, 7) is 8.48. The molecule has 1 aliphatic carbocycles. The third kappa shape index (κ3) is 5.46. The number of hydrogen-bond donors (Lipinski definition) is 1. The van der Waals surface area contributed by atoms with Crippen molar-refractivity contribution >= 4 is 5.97 Å². The lowest BCUT2D eigenvalue weighted by molar-refractivity contribution is -0.137. The lowest BCUT2D eigenvalue weighted by Crippen LogP contribution is -2.12. The van der Waals surface area contributed by atoms with E-state index >= 15 is 0 Å². The molecule has 0 heterocycles. The van der Waals surface area contributed by atoms with Crippen molar-refractivity contribution in [3.63, 3.8) is 0 Å². The monoisotopic (exact) mass is 262 g/mol. The molecule has 1 unspecified atom stereocenters. The molecule has 0 saturated carbocycles. The molecule has 0 fully saturated rings. The first-order valence-corrected chi connectivity index (χ1v) is 7.09. The molecule has 0 radical (unpaired) electrons. The fourth-order valence-corrected chi connectivity index (χ4v) is 2.71. The Kier molecular flexibility index (Phi) is 6.07. The standard InChI is InChI=1S/C17H26O2/c1-12(2)16-9-8-13(3)6-5-7-14(4)10-15(16)11-17(18)19/h7-8,15H,5-6,9-11H2,1-4H3,(H,18,19)/b13-8+,14-7+. The molecular formula is C17H26O2. The number of carbonyl (C=O) groups is 1. The third-order valence-corrected chi connectivity index (χ3v) is 3.83. The van der Waals surface area contributed by atoms with Gasteiger partial charge in [-0.15, -0.1) is 0 Å². The maximum Gasteiger partial charge on any atom is 0.303 e. The summed E-state index contributed by atoms with van der Waals surface area (Å²) in [5, 5.41) is 9.13. The van der Waals surface area contributed by atoms with Gasteiger partial charge in [-0.2, -0.15) is 0 Å². The topological polar surface area (TPSA) is 37.3 Å². The second-order valence-electron chi connectivity index (χ2n) is 5.87. The zero-order chi connectivity index (χ0) is 14.4. The zero-order valence-electron chi connectivity index (χ0n) is 12.6. The first-order chi connectivity index (χ1) is 8.90. The van der Waals surface area contributed by atoms with Gasteiger partial charge in [0.2, 0.25) is 0 Å². The van der Waals surface area contributed by atoms with E-state index in [2.05, 4.69) is 39.8 Å². The van der Waals surface area contributed by atoms with Gasteiger partial charge in [0.1, 0.15) is 0 Å². The molecule has 1 aliphatic rings. The molecule has 0 aromatic rings. The van der Waals surface area contributed by atoms with Gasteiger partial charge in [-0.3, -0.25) is 4.79 Å². The highest BCUT2D eigenvalue weighted by Crippen LogP contribution is 2.30. The second kappa shape index (κ2) is 7.32. The van der Waals surface area contributed by atoms with E-state index in [1.54, 1.807) is 0 Å². The van der Waals surface area contributed by atoms with Gasteiger partial charge < -0.3 is 5.11 Å². The molecule has 0 aromatic carbocycles. The predicted octanol–water partition coefficient (Wildman–Crippen LogP) is 4.88. The molecule has 1 N–H and O–H groups in total.